The Bertz CT molecular complexity index is 1480. The summed E-state index contributed by atoms with van der Waals surface area (Å²) < 4.78 is 18.7. The molecule has 0 fully saturated rings. The number of carbonyl (C=O) groups excluding carboxylic acids is 5. The van der Waals surface area contributed by atoms with Crippen LogP contribution in [0, 0.1) is 6.92 Å². The number of esters is 4. The lowest BCUT2D eigenvalue weighted by Gasteiger charge is -2.50. The molecule has 11 nitrogen and oxygen atoms in total. The first-order valence-corrected chi connectivity index (χ1v) is 15.1. The summed E-state index contributed by atoms with van der Waals surface area (Å²) in [4.78, 5) is 68.5. The van der Waals surface area contributed by atoms with Gasteiger partial charge < -0.3 is 24.3 Å². The van der Waals surface area contributed by atoms with Crippen LogP contribution < -0.4 is 10.2 Å². The van der Waals surface area contributed by atoms with Gasteiger partial charge in [0.1, 0.15) is 18.8 Å². The van der Waals surface area contributed by atoms with E-state index in [1.54, 1.807) is 4.90 Å². The number of anilines is 1. The lowest BCUT2D eigenvalue weighted by molar-refractivity contribution is -0.138. The van der Waals surface area contributed by atoms with Crippen LogP contribution in [0.15, 0.2) is 43.4 Å². The summed E-state index contributed by atoms with van der Waals surface area (Å²) >= 11 is 2.76. The van der Waals surface area contributed by atoms with Crippen LogP contribution >= 0.6 is 35.3 Å². The number of rotatable bonds is 5. The number of nitrogens with zero attached hydrogens (tertiary/aromatic N) is 1. The molecular weight excluding hydrogens is 605 g/mol. The maximum absolute atomic E-state index is 13.6. The second-order valence-electron chi connectivity index (χ2n) is 9.71. The fraction of sp³-hybridized carbons (Fsp3) is 0.393. The molecular formula is C28H30N2O9S3. The number of urea groups is 1. The number of ether oxygens (including phenoxy) is 4. The Kier molecular flexibility index (Phi) is 8.82. The van der Waals surface area contributed by atoms with Gasteiger partial charge in [-0.05, 0) is 39.3 Å². The Morgan fingerprint density at radius 3 is 1.86 bits per heavy atom. The van der Waals surface area contributed by atoms with Crippen molar-refractivity contribution in [1.82, 2.24) is 5.32 Å². The van der Waals surface area contributed by atoms with Gasteiger partial charge >= 0.3 is 29.9 Å². The SMILES string of the molecule is CCNC(=O)N1c2cc(C)ccc2C2=C(SC(C(=O)OC)=C(C(=O)OC)C23SC(C(=O)OC)=C(C(=O)OC)S3)C1(C)C. The van der Waals surface area contributed by atoms with Gasteiger partial charge in [-0.3, -0.25) is 4.90 Å². The third-order valence-corrected chi connectivity index (χ3v) is 11.5. The van der Waals surface area contributed by atoms with E-state index in [9.17, 15) is 24.0 Å². The Morgan fingerprint density at radius 1 is 0.833 bits per heavy atom. The monoisotopic (exact) mass is 634 g/mol. The number of carbonyl (C=O) groups is 5. The summed E-state index contributed by atoms with van der Waals surface area (Å²) in [6, 6.07) is 5.16. The maximum atomic E-state index is 13.6. The Morgan fingerprint density at radius 2 is 1.36 bits per heavy atom. The predicted molar refractivity (Wildman–Crippen MR) is 161 cm³/mol. The third-order valence-electron chi connectivity index (χ3n) is 6.83. The molecule has 0 bridgehead atoms. The molecule has 3 aliphatic rings. The number of thioether (sulfide) groups is 3. The van der Waals surface area contributed by atoms with Crippen molar-refractivity contribution in [3.05, 3.63) is 54.5 Å². The van der Waals surface area contributed by atoms with Crippen molar-refractivity contribution in [2.45, 2.75) is 37.3 Å². The van der Waals surface area contributed by atoms with Gasteiger partial charge in [-0.15, -0.1) is 0 Å². The zero-order valence-electron chi connectivity index (χ0n) is 24.3. The lowest BCUT2D eigenvalue weighted by Crippen LogP contribution is -2.56. The van der Waals surface area contributed by atoms with Gasteiger partial charge in [-0.2, -0.15) is 0 Å². The molecule has 0 unspecified atom stereocenters. The van der Waals surface area contributed by atoms with Crippen LogP contribution in [0.4, 0.5) is 10.5 Å². The molecule has 0 radical (unpaired) electrons. The van der Waals surface area contributed by atoms with Gasteiger partial charge in [0, 0.05) is 22.6 Å². The molecule has 0 atom stereocenters. The topological polar surface area (TPSA) is 138 Å². The number of benzene rings is 1. The van der Waals surface area contributed by atoms with E-state index >= 15 is 0 Å². The van der Waals surface area contributed by atoms with Crippen molar-refractivity contribution in [3.63, 3.8) is 0 Å². The van der Waals surface area contributed by atoms with Crippen LogP contribution in [0.1, 0.15) is 31.9 Å². The van der Waals surface area contributed by atoms with Crippen molar-refractivity contribution in [2.75, 3.05) is 39.9 Å². The summed E-state index contributed by atoms with van der Waals surface area (Å²) in [7, 11) is 4.70. The molecule has 224 valence electrons. The molecule has 42 heavy (non-hydrogen) atoms. The molecule has 3 heterocycles. The van der Waals surface area contributed by atoms with Gasteiger partial charge in [0.25, 0.3) is 0 Å². The third kappa shape index (κ3) is 4.78. The molecule has 3 aliphatic heterocycles. The summed E-state index contributed by atoms with van der Waals surface area (Å²) in [6.45, 7) is 7.71. The first-order valence-electron chi connectivity index (χ1n) is 12.7. The zero-order valence-corrected chi connectivity index (χ0v) is 26.7. The van der Waals surface area contributed by atoms with Gasteiger partial charge in [0.15, 0.2) is 0 Å². The van der Waals surface area contributed by atoms with Gasteiger partial charge in [0.05, 0.1) is 45.2 Å². The molecule has 0 saturated heterocycles. The van der Waals surface area contributed by atoms with Crippen molar-refractivity contribution in [3.8, 4) is 0 Å². The van der Waals surface area contributed by atoms with E-state index in [1.165, 1.54) is 28.4 Å². The maximum Gasteiger partial charge on any atom is 0.345 e. The zero-order chi connectivity index (χ0) is 31.1. The minimum atomic E-state index is -1.61. The molecule has 0 saturated carbocycles. The van der Waals surface area contributed by atoms with Crippen LogP contribution in [0.3, 0.4) is 0 Å². The van der Waals surface area contributed by atoms with E-state index in [0.717, 1.165) is 40.8 Å². The van der Waals surface area contributed by atoms with Crippen molar-refractivity contribution >= 4 is 76.5 Å². The molecule has 1 aromatic carbocycles. The molecule has 1 spiro atoms. The van der Waals surface area contributed by atoms with Crippen molar-refractivity contribution in [1.29, 1.82) is 0 Å². The van der Waals surface area contributed by atoms with E-state index in [2.05, 4.69) is 5.32 Å². The summed E-state index contributed by atoms with van der Waals surface area (Å²) in [5.41, 5.74) is 1.29. The standard InChI is InChI=1S/C28H30N2O9S3/c1-9-29-26(35)30-15-12-13(2)10-11-14(15)16-21(27(30,3)4)40-18(23(32)37-6)17(22(31)36-5)28(16)41-19(24(33)38-7)20(42-28)25(34)39-8/h10-12H,9H2,1-8H3,(H,29,35). The highest BCUT2D eigenvalue weighted by Gasteiger charge is 2.61. The van der Waals surface area contributed by atoms with Gasteiger partial charge in [0.2, 0.25) is 0 Å². The van der Waals surface area contributed by atoms with E-state index < -0.39 is 33.5 Å². The molecule has 14 heteroatoms. The number of aryl methyl sites for hydroxylation is 1. The summed E-state index contributed by atoms with van der Waals surface area (Å²) in [5.74, 6) is -3.33. The van der Waals surface area contributed by atoms with Crippen LogP contribution in [-0.2, 0) is 38.1 Å². The molecule has 4 rings (SSSR count). The molecule has 1 N–H and O–H groups in total. The molecule has 0 aliphatic carbocycles. The average Bonchev–Trinajstić information content (AvgIpc) is 3.35. The Hall–Kier alpha value is -3.36. The fourth-order valence-electron chi connectivity index (χ4n) is 5.02. The minimum absolute atomic E-state index is 0.0992. The molecule has 0 aromatic heterocycles. The number of amides is 2. The Balaban J connectivity index is 2.17. The van der Waals surface area contributed by atoms with E-state index in [-0.39, 0.29) is 26.3 Å². The lowest BCUT2D eigenvalue weighted by atomic mass is 9.83. The largest absolute Gasteiger partial charge is 0.466 e. The number of methoxy groups -OCH3 is 4. The minimum Gasteiger partial charge on any atom is -0.466 e. The predicted octanol–water partition coefficient (Wildman–Crippen LogP) is 4.12. The smallest absolute Gasteiger partial charge is 0.345 e. The number of nitrogens with one attached hydrogen (secondary N) is 1. The first kappa shape index (κ1) is 31.6. The highest BCUT2D eigenvalue weighted by molar-refractivity contribution is 8.26. The van der Waals surface area contributed by atoms with Gasteiger partial charge in [-0.25, -0.2) is 24.0 Å². The van der Waals surface area contributed by atoms with Crippen LogP contribution in [0.5, 0.6) is 0 Å². The van der Waals surface area contributed by atoms with Crippen LogP contribution in [-0.4, -0.2) is 74.5 Å². The van der Waals surface area contributed by atoms with Crippen LogP contribution in [0.25, 0.3) is 5.57 Å². The fourth-order valence-corrected chi connectivity index (χ4v) is 10.1. The Labute approximate surface area is 255 Å². The summed E-state index contributed by atoms with van der Waals surface area (Å²) in [6.07, 6.45) is 0. The van der Waals surface area contributed by atoms with Crippen LogP contribution in [0.2, 0.25) is 0 Å². The highest BCUT2D eigenvalue weighted by atomic mass is 32.2. The first-order chi connectivity index (χ1) is 19.8. The number of hydrogen-bond donors (Lipinski definition) is 1. The normalized spacial score (nSPS) is 18.3. The second-order valence-corrected chi connectivity index (χ2v) is 13.4. The second kappa shape index (κ2) is 11.7. The van der Waals surface area contributed by atoms with Crippen molar-refractivity contribution in [2.24, 2.45) is 0 Å². The quantitative estimate of drug-likeness (QED) is 0.369. The number of hydrogen-bond acceptors (Lipinski definition) is 12. The van der Waals surface area contributed by atoms with E-state index in [1.807, 2.05) is 45.9 Å². The van der Waals surface area contributed by atoms with E-state index in [0.29, 0.717) is 28.3 Å². The van der Waals surface area contributed by atoms with E-state index in [4.69, 9.17) is 18.9 Å². The summed E-state index contributed by atoms with van der Waals surface area (Å²) in [5, 5.41) is 2.86. The number of fused-ring (bicyclic) bond motifs is 3. The average molecular weight is 635 g/mol. The van der Waals surface area contributed by atoms with Gasteiger partial charge in [-0.1, -0.05) is 47.4 Å². The van der Waals surface area contributed by atoms with Crippen molar-refractivity contribution < 1.29 is 42.9 Å². The molecule has 2 amide bonds. The molecule has 1 aromatic rings. The highest BCUT2D eigenvalue weighted by Crippen LogP contribution is 2.71.